The van der Waals surface area contributed by atoms with Crippen LogP contribution in [0.1, 0.15) is 63.0 Å². The Bertz CT molecular complexity index is 737. The normalized spacial score (nSPS) is 30.6. The second kappa shape index (κ2) is 6.42. The molecule has 0 aromatic heterocycles. The first-order valence-electron chi connectivity index (χ1n) is 9.61. The van der Waals surface area contributed by atoms with Crippen molar-refractivity contribution in [3.8, 4) is 0 Å². The molecule has 2 heterocycles. The smallest absolute Gasteiger partial charge is 0.241 e. The first kappa shape index (κ1) is 17.1. The van der Waals surface area contributed by atoms with Crippen LogP contribution in [0.2, 0.25) is 0 Å². The lowest BCUT2D eigenvalue weighted by molar-refractivity contribution is -0.160. The molecule has 4 rings (SSSR count). The predicted octanol–water partition coefficient (Wildman–Crippen LogP) is 3.49. The van der Waals surface area contributed by atoms with E-state index < -0.39 is 15.1 Å². The fraction of sp³-hybridized carbons (Fsp3) is 0.650. The molecule has 1 aromatic rings. The summed E-state index contributed by atoms with van der Waals surface area (Å²) in [6.07, 6.45) is 8.02. The standard InChI is InChI=1S/C20H27NO3S/c22-19(17-11-5-8-14-25(17,23)24)21-15-20(12-6-2-7-13-20)18(21)16-9-3-1-4-10-16/h1,3-4,9-10,17-18H,2,5-8,11-15H2. The maximum absolute atomic E-state index is 13.2. The average molecular weight is 362 g/mol. The largest absolute Gasteiger partial charge is 0.333 e. The Morgan fingerprint density at radius 2 is 1.72 bits per heavy atom. The van der Waals surface area contributed by atoms with Crippen LogP contribution in [-0.2, 0) is 14.6 Å². The summed E-state index contributed by atoms with van der Waals surface area (Å²) < 4.78 is 24.9. The molecule has 1 spiro atoms. The van der Waals surface area contributed by atoms with Gasteiger partial charge in [-0.05, 0) is 31.2 Å². The van der Waals surface area contributed by atoms with Crippen LogP contribution in [-0.4, -0.2) is 36.8 Å². The minimum absolute atomic E-state index is 0.0543. The van der Waals surface area contributed by atoms with Crippen LogP contribution in [0.25, 0.3) is 0 Å². The summed E-state index contributed by atoms with van der Waals surface area (Å²) in [6.45, 7) is 0.734. The molecule has 2 unspecified atom stereocenters. The summed E-state index contributed by atoms with van der Waals surface area (Å²) in [5.74, 6) is 0.0167. The number of likely N-dealkylation sites (tertiary alicyclic amines) is 1. The Kier molecular flexibility index (Phi) is 4.38. The summed E-state index contributed by atoms with van der Waals surface area (Å²) in [5.41, 5.74) is 1.32. The number of hydrogen-bond acceptors (Lipinski definition) is 3. The van der Waals surface area contributed by atoms with Gasteiger partial charge in [0.05, 0.1) is 11.8 Å². The van der Waals surface area contributed by atoms with Gasteiger partial charge in [-0.15, -0.1) is 0 Å². The van der Waals surface area contributed by atoms with E-state index in [2.05, 4.69) is 12.1 Å². The van der Waals surface area contributed by atoms with Crippen LogP contribution in [0, 0.1) is 5.41 Å². The van der Waals surface area contributed by atoms with Gasteiger partial charge in [0.1, 0.15) is 5.25 Å². The zero-order valence-electron chi connectivity index (χ0n) is 14.7. The second-order valence-corrected chi connectivity index (χ2v) is 10.4. The molecule has 1 amide bonds. The molecule has 3 aliphatic rings. The number of carbonyl (C=O) groups is 1. The van der Waals surface area contributed by atoms with E-state index in [-0.39, 0.29) is 23.1 Å². The molecule has 0 radical (unpaired) electrons. The van der Waals surface area contributed by atoms with Crippen molar-refractivity contribution in [3.63, 3.8) is 0 Å². The minimum Gasteiger partial charge on any atom is -0.333 e. The summed E-state index contributed by atoms with van der Waals surface area (Å²) in [5, 5.41) is -0.812. The van der Waals surface area contributed by atoms with Crippen molar-refractivity contribution in [2.75, 3.05) is 12.3 Å². The molecule has 1 aromatic carbocycles. The van der Waals surface area contributed by atoms with E-state index in [1.807, 2.05) is 23.1 Å². The number of amides is 1. The zero-order chi connectivity index (χ0) is 17.5. The molecular formula is C20H27NO3S. The fourth-order valence-corrected chi connectivity index (χ4v) is 7.07. The van der Waals surface area contributed by atoms with Crippen LogP contribution in [0.3, 0.4) is 0 Å². The Labute approximate surface area is 150 Å². The lowest BCUT2D eigenvalue weighted by Gasteiger charge is -2.60. The highest BCUT2D eigenvalue weighted by molar-refractivity contribution is 7.92. The molecular weight excluding hydrogens is 334 g/mol. The van der Waals surface area contributed by atoms with Crippen LogP contribution < -0.4 is 0 Å². The lowest BCUT2D eigenvalue weighted by atomic mass is 9.61. The Morgan fingerprint density at radius 3 is 2.40 bits per heavy atom. The number of benzene rings is 1. The quantitative estimate of drug-likeness (QED) is 0.810. The molecule has 2 saturated heterocycles. The van der Waals surface area contributed by atoms with Crippen molar-refractivity contribution >= 4 is 15.7 Å². The summed E-state index contributed by atoms with van der Waals surface area (Å²) in [4.78, 5) is 15.0. The van der Waals surface area contributed by atoms with Crippen LogP contribution in [0.4, 0.5) is 0 Å². The number of rotatable bonds is 2. The van der Waals surface area contributed by atoms with E-state index in [1.165, 1.54) is 19.3 Å². The van der Waals surface area contributed by atoms with E-state index in [0.29, 0.717) is 12.8 Å². The van der Waals surface area contributed by atoms with E-state index in [1.54, 1.807) is 0 Å². The van der Waals surface area contributed by atoms with Crippen molar-refractivity contribution < 1.29 is 13.2 Å². The van der Waals surface area contributed by atoms with Gasteiger partial charge < -0.3 is 4.90 Å². The molecule has 1 aliphatic carbocycles. The van der Waals surface area contributed by atoms with Gasteiger partial charge in [-0.2, -0.15) is 0 Å². The fourth-order valence-electron chi connectivity index (χ4n) is 5.21. The third-order valence-electron chi connectivity index (χ3n) is 6.48. The minimum atomic E-state index is -3.28. The van der Waals surface area contributed by atoms with Crippen molar-refractivity contribution in [2.45, 2.75) is 62.7 Å². The van der Waals surface area contributed by atoms with E-state index in [9.17, 15) is 13.2 Å². The van der Waals surface area contributed by atoms with Gasteiger partial charge in [0.2, 0.25) is 5.91 Å². The highest BCUT2D eigenvalue weighted by Gasteiger charge is 2.56. The molecule has 5 heteroatoms. The van der Waals surface area contributed by atoms with E-state index in [4.69, 9.17) is 0 Å². The average Bonchev–Trinajstić information content (AvgIpc) is 2.61. The molecule has 136 valence electrons. The molecule has 1 saturated carbocycles. The Morgan fingerprint density at radius 1 is 1.00 bits per heavy atom. The van der Waals surface area contributed by atoms with Gasteiger partial charge in [0, 0.05) is 12.0 Å². The van der Waals surface area contributed by atoms with E-state index >= 15 is 0 Å². The predicted molar refractivity (Wildman–Crippen MR) is 97.8 cm³/mol. The summed E-state index contributed by atoms with van der Waals surface area (Å²) in [6, 6.07) is 10.3. The molecule has 0 N–H and O–H groups in total. The van der Waals surface area contributed by atoms with Crippen molar-refractivity contribution in [2.24, 2.45) is 5.41 Å². The number of nitrogens with zero attached hydrogens (tertiary/aromatic N) is 1. The van der Waals surface area contributed by atoms with Crippen molar-refractivity contribution in [3.05, 3.63) is 35.9 Å². The third-order valence-corrected chi connectivity index (χ3v) is 8.64. The monoisotopic (exact) mass is 361 g/mol. The molecule has 2 atom stereocenters. The zero-order valence-corrected chi connectivity index (χ0v) is 15.5. The molecule has 0 bridgehead atoms. The number of sulfone groups is 1. The SMILES string of the molecule is O=C(C1CCCCS1(=O)=O)N1CC2(CCCCC2)C1c1ccccc1. The van der Waals surface area contributed by atoms with Crippen LogP contribution >= 0.6 is 0 Å². The van der Waals surface area contributed by atoms with Crippen LogP contribution in [0.5, 0.6) is 0 Å². The lowest BCUT2D eigenvalue weighted by Crippen LogP contribution is -2.63. The molecule has 3 fully saturated rings. The van der Waals surface area contributed by atoms with E-state index in [0.717, 1.165) is 31.4 Å². The Balaban J connectivity index is 1.64. The summed E-state index contributed by atoms with van der Waals surface area (Å²) in [7, 11) is -3.28. The highest BCUT2D eigenvalue weighted by Crippen LogP contribution is 2.57. The topological polar surface area (TPSA) is 54.5 Å². The maximum Gasteiger partial charge on any atom is 0.241 e. The molecule has 25 heavy (non-hydrogen) atoms. The van der Waals surface area contributed by atoms with Gasteiger partial charge >= 0.3 is 0 Å². The molecule has 2 aliphatic heterocycles. The number of hydrogen-bond donors (Lipinski definition) is 0. The summed E-state index contributed by atoms with van der Waals surface area (Å²) >= 11 is 0. The van der Waals surface area contributed by atoms with Crippen LogP contribution in [0.15, 0.2) is 30.3 Å². The van der Waals surface area contributed by atoms with Gasteiger partial charge in [-0.1, -0.05) is 56.0 Å². The molecule has 4 nitrogen and oxygen atoms in total. The third kappa shape index (κ3) is 2.90. The maximum atomic E-state index is 13.2. The van der Waals surface area contributed by atoms with Gasteiger partial charge in [-0.25, -0.2) is 8.42 Å². The van der Waals surface area contributed by atoms with Crippen molar-refractivity contribution in [1.82, 2.24) is 4.90 Å². The highest BCUT2D eigenvalue weighted by atomic mass is 32.2. The second-order valence-electron chi connectivity index (χ2n) is 8.05. The van der Waals surface area contributed by atoms with Gasteiger partial charge in [-0.3, -0.25) is 4.79 Å². The van der Waals surface area contributed by atoms with Gasteiger partial charge in [0.25, 0.3) is 0 Å². The first-order valence-corrected chi connectivity index (χ1v) is 11.3. The van der Waals surface area contributed by atoms with Gasteiger partial charge in [0.15, 0.2) is 9.84 Å². The van der Waals surface area contributed by atoms with Crippen molar-refractivity contribution in [1.29, 1.82) is 0 Å². The Hall–Kier alpha value is -1.36. The first-order chi connectivity index (χ1) is 12.0. The number of carbonyl (C=O) groups excluding carboxylic acids is 1.